The van der Waals surface area contributed by atoms with Gasteiger partial charge >= 0.3 is 0 Å². The van der Waals surface area contributed by atoms with Crippen LogP contribution in [0, 0.1) is 0 Å². The molecule has 1 N–H and O–H groups in total. The summed E-state index contributed by atoms with van der Waals surface area (Å²) in [7, 11) is 0. The summed E-state index contributed by atoms with van der Waals surface area (Å²) < 4.78 is 5.07. The van der Waals surface area contributed by atoms with Gasteiger partial charge in [-0.2, -0.15) is 4.98 Å². The van der Waals surface area contributed by atoms with Crippen molar-refractivity contribution in [3.8, 4) is 0 Å². The second kappa shape index (κ2) is 3.87. The van der Waals surface area contributed by atoms with Gasteiger partial charge in [0.1, 0.15) is 0 Å². The number of nitrogens with one attached hydrogen (secondary N) is 1. The molecular formula is C9H15N3O. The van der Waals surface area contributed by atoms with Crippen molar-refractivity contribution in [2.24, 2.45) is 0 Å². The van der Waals surface area contributed by atoms with E-state index in [0.29, 0.717) is 6.04 Å². The highest BCUT2D eigenvalue weighted by Gasteiger charge is 2.21. The molecule has 0 bridgehead atoms. The van der Waals surface area contributed by atoms with Gasteiger partial charge in [-0.15, -0.1) is 0 Å². The largest absolute Gasteiger partial charge is 0.338 e. The lowest BCUT2D eigenvalue weighted by Gasteiger charge is -1.94. The molecule has 0 radical (unpaired) electrons. The number of aryl methyl sites for hydroxylation is 1. The molecule has 1 heterocycles. The topological polar surface area (TPSA) is 51.0 Å². The van der Waals surface area contributed by atoms with E-state index < -0.39 is 0 Å². The van der Waals surface area contributed by atoms with E-state index in [-0.39, 0.29) is 0 Å². The van der Waals surface area contributed by atoms with Gasteiger partial charge in [-0.25, -0.2) is 0 Å². The molecule has 2 rings (SSSR count). The predicted octanol–water partition coefficient (Wildman–Crippen LogP) is 1.27. The van der Waals surface area contributed by atoms with Crippen LogP contribution in [-0.2, 0) is 13.0 Å². The number of rotatable bonds is 5. The summed E-state index contributed by atoms with van der Waals surface area (Å²) in [6.07, 6.45) is 4.55. The van der Waals surface area contributed by atoms with Crippen molar-refractivity contribution in [2.75, 3.05) is 0 Å². The van der Waals surface area contributed by atoms with Crippen LogP contribution >= 0.6 is 0 Å². The van der Waals surface area contributed by atoms with Crippen LogP contribution in [0.3, 0.4) is 0 Å². The van der Waals surface area contributed by atoms with Crippen LogP contribution < -0.4 is 5.32 Å². The van der Waals surface area contributed by atoms with Crippen molar-refractivity contribution < 1.29 is 4.52 Å². The normalized spacial score (nSPS) is 16.4. The first-order chi connectivity index (χ1) is 6.38. The second-order valence-corrected chi connectivity index (χ2v) is 3.51. The van der Waals surface area contributed by atoms with Crippen LogP contribution in [0.4, 0.5) is 0 Å². The first-order valence-corrected chi connectivity index (χ1v) is 4.93. The minimum absolute atomic E-state index is 0.696. The van der Waals surface area contributed by atoms with Gasteiger partial charge in [0.15, 0.2) is 5.82 Å². The van der Waals surface area contributed by atoms with E-state index in [1.807, 2.05) is 0 Å². The molecule has 0 aromatic carbocycles. The molecule has 72 valence electrons. The van der Waals surface area contributed by atoms with Gasteiger partial charge in [0, 0.05) is 12.5 Å². The number of hydrogen-bond acceptors (Lipinski definition) is 4. The Morgan fingerprint density at radius 1 is 1.54 bits per heavy atom. The molecule has 4 nitrogen and oxygen atoms in total. The van der Waals surface area contributed by atoms with Gasteiger partial charge in [-0.1, -0.05) is 12.1 Å². The molecule has 1 aromatic heterocycles. The molecule has 0 amide bonds. The highest BCUT2D eigenvalue weighted by atomic mass is 16.5. The summed E-state index contributed by atoms with van der Waals surface area (Å²) in [6.45, 7) is 2.83. The lowest BCUT2D eigenvalue weighted by atomic mass is 10.3. The van der Waals surface area contributed by atoms with Crippen LogP contribution in [0.2, 0.25) is 0 Å². The van der Waals surface area contributed by atoms with E-state index in [1.165, 1.54) is 12.8 Å². The Balaban J connectivity index is 1.81. The minimum Gasteiger partial charge on any atom is -0.338 e. The highest BCUT2D eigenvalue weighted by molar-refractivity contribution is 4.88. The summed E-state index contributed by atoms with van der Waals surface area (Å²) in [5.74, 6) is 1.55. The maximum atomic E-state index is 5.07. The zero-order valence-corrected chi connectivity index (χ0v) is 7.92. The van der Waals surface area contributed by atoms with E-state index in [1.54, 1.807) is 0 Å². The SMILES string of the molecule is CCCc1noc(CNC2CC2)n1. The number of aromatic nitrogens is 2. The Bertz CT molecular complexity index is 268. The van der Waals surface area contributed by atoms with Crippen molar-refractivity contribution in [3.05, 3.63) is 11.7 Å². The zero-order chi connectivity index (χ0) is 9.10. The monoisotopic (exact) mass is 181 g/mol. The Kier molecular flexibility index (Phi) is 2.59. The Hall–Kier alpha value is -0.900. The average molecular weight is 181 g/mol. The molecular weight excluding hydrogens is 166 g/mol. The fraction of sp³-hybridized carbons (Fsp3) is 0.778. The van der Waals surface area contributed by atoms with Gasteiger partial charge in [-0.05, 0) is 19.3 Å². The maximum Gasteiger partial charge on any atom is 0.240 e. The lowest BCUT2D eigenvalue weighted by molar-refractivity contribution is 0.362. The first-order valence-electron chi connectivity index (χ1n) is 4.93. The Morgan fingerprint density at radius 2 is 2.38 bits per heavy atom. The lowest BCUT2D eigenvalue weighted by Crippen LogP contribution is -2.15. The van der Waals surface area contributed by atoms with Crippen molar-refractivity contribution in [1.82, 2.24) is 15.5 Å². The highest BCUT2D eigenvalue weighted by Crippen LogP contribution is 2.18. The van der Waals surface area contributed by atoms with Crippen LogP contribution in [0.15, 0.2) is 4.52 Å². The summed E-state index contributed by atoms with van der Waals surface area (Å²) >= 11 is 0. The molecule has 13 heavy (non-hydrogen) atoms. The molecule has 1 saturated carbocycles. The molecule has 1 aliphatic rings. The van der Waals surface area contributed by atoms with Crippen molar-refractivity contribution in [1.29, 1.82) is 0 Å². The van der Waals surface area contributed by atoms with Gasteiger partial charge in [0.25, 0.3) is 0 Å². The second-order valence-electron chi connectivity index (χ2n) is 3.51. The number of nitrogens with zero attached hydrogens (tertiary/aromatic N) is 2. The standard InChI is InChI=1S/C9H15N3O/c1-2-3-8-11-9(13-12-8)6-10-7-4-5-7/h7,10H,2-6H2,1H3. The summed E-state index contributed by atoms with van der Waals surface area (Å²) in [5, 5.41) is 7.21. The van der Waals surface area contributed by atoms with Crippen LogP contribution in [0.1, 0.15) is 37.9 Å². The molecule has 1 aromatic rings. The minimum atomic E-state index is 0.696. The summed E-state index contributed by atoms with van der Waals surface area (Å²) in [5.41, 5.74) is 0. The van der Waals surface area contributed by atoms with E-state index in [4.69, 9.17) is 4.52 Å². The molecule has 0 unspecified atom stereocenters. The molecule has 1 fully saturated rings. The van der Waals surface area contributed by atoms with E-state index in [0.717, 1.165) is 31.1 Å². The molecule has 0 aliphatic heterocycles. The van der Waals surface area contributed by atoms with Crippen LogP contribution in [0.5, 0.6) is 0 Å². The van der Waals surface area contributed by atoms with E-state index in [2.05, 4.69) is 22.4 Å². The van der Waals surface area contributed by atoms with Crippen molar-refractivity contribution in [3.63, 3.8) is 0 Å². The van der Waals surface area contributed by atoms with Gasteiger partial charge < -0.3 is 9.84 Å². The molecule has 0 saturated heterocycles. The zero-order valence-electron chi connectivity index (χ0n) is 7.92. The van der Waals surface area contributed by atoms with Gasteiger partial charge in [0.05, 0.1) is 6.54 Å². The molecule has 0 atom stereocenters. The van der Waals surface area contributed by atoms with Gasteiger partial charge in [-0.3, -0.25) is 0 Å². The Labute approximate surface area is 77.7 Å². The van der Waals surface area contributed by atoms with Crippen molar-refractivity contribution >= 4 is 0 Å². The fourth-order valence-corrected chi connectivity index (χ4v) is 1.21. The number of hydrogen-bond donors (Lipinski definition) is 1. The quantitative estimate of drug-likeness (QED) is 0.743. The molecule has 1 aliphatic carbocycles. The van der Waals surface area contributed by atoms with Crippen molar-refractivity contribution in [2.45, 2.75) is 45.2 Å². The van der Waals surface area contributed by atoms with Gasteiger partial charge in [0.2, 0.25) is 5.89 Å². The van der Waals surface area contributed by atoms with E-state index in [9.17, 15) is 0 Å². The third-order valence-electron chi connectivity index (χ3n) is 2.10. The predicted molar refractivity (Wildman–Crippen MR) is 48.2 cm³/mol. The summed E-state index contributed by atoms with van der Waals surface area (Å²) in [6, 6.07) is 0.696. The molecule has 4 heteroatoms. The smallest absolute Gasteiger partial charge is 0.240 e. The Morgan fingerprint density at radius 3 is 3.08 bits per heavy atom. The third kappa shape index (κ3) is 2.52. The fourth-order valence-electron chi connectivity index (χ4n) is 1.21. The first kappa shape index (κ1) is 8.69. The van der Waals surface area contributed by atoms with E-state index >= 15 is 0 Å². The van der Waals surface area contributed by atoms with Crippen LogP contribution in [-0.4, -0.2) is 16.2 Å². The maximum absolute atomic E-state index is 5.07. The third-order valence-corrected chi connectivity index (χ3v) is 2.10. The molecule has 0 spiro atoms. The average Bonchev–Trinajstić information content (AvgIpc) is 2.85. The van der Waals surface area contributed by atoms with Crippen LogP contribution in [0.25, 0.3) is 0 Å². The summed E-state index contributed by atoms with van der Waals surface area (Å²) in [4.78, 5) is 4.26.